The Hall–Kier alpha value is -1.00. The third-order valence-electron chi connectivity index (χ3n) is 4.25. The lowest BCUT2D eigenvalue weighted by molar-refractivity contribution is 0.0764. The smallest absolute Gasteiger partial charge is 0.0727 e. The maximum Gasteiger partial charge on any atom is 0.0727 e. The van der Waals surface area contributed by atoms with Gasteiger partial charge in [-0.25, -0.2) is 0 Å². The number of aryl methyl sites for hydroxylation is 1. The van der Waals surface area contributed by atoms with Crippen LogP contribution in [0.25, 0.3) is 0 Å². The van der Waals surface area contributed by atoms with E-state index in [1.165, 1.54) is 6.42 Å². The fourth-order valence-electron chi connectivity index (χ4n) is 2.74. The van der Waals surface area contributed by atoms with Gasteiger partial charge in [-0.3, -0.25) is 14.9 Å². The average molecular weight is 276 g/mol. The lowest BCUT2D eigenvalue weighted by atomic mass is 9.84. The number of aromatic nitrogens is 2. The molecule has 1 aromatic rings. The van der Waals surface area contributed by atoms with E-state index in [0.29, 0.717) is 12.1 Å². The zero-order valence-corrected chi connectivity index (χ0v) is 13.5. The van der Waals surface area contributed by atoms with Gasteiger partial charge in [-0.2, -0.15) is 0 Å². The number of nitrogens with zero attached hydrogens (tertiary/aromatic N) is 3. The van der Waals surface area contributed by atoms with Crippen LogP contribution >= 0.6 is 0 Å². The summed E-state index contributed by atoms with van der Waals surface area (Å²) in [5.74, 6) is 0. The van der Waals surface area contributed by atoms with Crippen LogP contribution < -0.4 is 5.32 Å². The predicted molar refractivity (Wildman–Crippen MR) is 82.5 cm³/mol. The second-order valence-corrected chi connectivity index (χ2v) is 6.97. The molecule has 0 bridgehead atoms. The molecule has 20 heavy (non-hydrogen) atoms. The molecule has 1 N–H and O–H groups in total. The number of hydrogen-bond acceptors (Lipinski definition) is 4. The van der Waals surface area contributed by atoms with Crippen LogP contribution in [0.2, 0.25) is 0 Å². The maximum absolute atomic E-state index is 4.50. The molecule has 112 valence electrons. The quantitative estimate of drug-likeness (QED) is 0.920. The molecule has 0 amide bonds. The highest BCUT2D eigenvalue weighted by molar-refractivity contribution is 5.02. The first-order valence-corrected chi connectivity index (χ1v) is 7.65. The third-order valence-corrected chi connectivity index (χ3v) is 4.25. The summed E-state index contributed by atoms with van der Waals surface area (Å²) in [4.78, 5) is 11.4. The van der Waals surface area contributed by atoms with E-state index in [1.54, 1.807) is 0 Å². The summed E-state index contributed by atoms with van der Waals surface area (Å²) in [6.45, 7) is 14.2. The van der Waals surface area contributed by atoms with Crippen LogP contribution in [0.1, 0.15) is 45.5 Å². The van der Waals surface area contributed by atoms with Gasteiger partial charge in [0.1, 0.15) is 0 Å². The fraction of sp³-hybridized carbons (Fsp3) is 0.750. The minimum Gasteiger partial charge on any atom is -0.311 e. The monoisotopic (exact) mass is 276 g/mol. The summed E-state index contributed by atoms with van der Waals surface area (Å²) in [7, 11) is 0. The van der Waals surface area contributed by atoms with Crippen LogP contribution in [0.15, 0.2) is 12.4 Å². The van der Waals surface area contributed by atoms with Crippen molar-refractivity contribution in [3.63, 3.8) is 0 Å². The first-order chi connectivity index (χ1) is 9.40. The van der Waals surface area contributed by atoms with Crippen molar-refractivity contribution in [2.75, 3.05) is 13.1 Å². The summed E-state index contributed by atoms with van der Waals surface area (Å²) < 4.78 is 0. The van der Waals surface area contributed by atoms with Crippen molar-refractivity contribution in [1.82, 2.24) is 20.2 Å². The molecule has 1 fully saturated rings. The van der Waals surface area contributed by atoms with Crippen molar-refractivity contribution < 1.29 is 0 Å². The van der Waals surface area contributed by atoms with Gasteiger partial charge in [0.25, 0.3) is 0 Å². The minimum atomic E-state index is 0.288. The van der Waals surface area contributed by atoms with Gasteiger partial charge < -0.3 is 5.32 Å². The Labute approximate surface area is 123 Å². The SMILES string of the molecule is CCC1CNC(C(C)(C)C)CN1Cc1cnc(C)cn1. The molecule has 1 saturated heterocycles. The van der Waals surface area contributed by atoms with Gasteiger partial charge in [0.15, 0.2) is 0 Å². The lowest BCUT2D eigenvalue weighted by Crippen LogP contribution is -2.59. The maximum atomic E-state index is 4.50. The second kappa shape index (κ2) is 6.19. The highest BCUT2D eigenvalue weighted by Gasteiger charge is 2.33. The number of nitrogens with one attached hydrogen (secondary N) is 1. The van der Waals surface area contributed by atoms with Gasteiger partial charge in [-0.05, 0) is 18.8 Å². The van der Waals surface area contributed by atoms with Gasteiger partial charge in [0.05, 0.1) is 11.4 Å². The second-order valence-electron chi connectivity index (χ2n) is 6.97. The van der Waals surface area contributed by atoms with Crippen LogP contribution in [0, 0.1) is 12.3 Å². The van der Waals surface area contributed by atoms with Crippen molar-refractivity contribution >= 4 is 0 Å². The molecule has 2 rings (SSSR count). The van der Waals surface area contributed by atoms with Gasteiger partial charge in [-0.1, -0.05) is 27.7 Å². The molecule has 0 aromatic carbocycles. The molecule has 2 atom stereocenters. The number of hydrogen-bond donors (Lipinski definition) is 1. The Morgan fingerprint density at radius 3 is 2.60 bits per heavy atom. The molecule has 0 saturated carbocycles. The molecule has 4 nitrogen and oxygen atoms in total. The Balaban J connectivity index is 2.07. The zero-order valence-electron chi connectivity index (χ0n) is 13.5. The van der Waals surface area contributed by atoms with E-state index in [4.69, 9.17) is 0 Å². The largest absolute Gasteiger partial charge is 0.311 e. The molecule has 0 spiro atoms. The standard InChI is InChI=1S/C16H28N4/c1-6-14-9-19-15(16(3,4)5)11-20(14)10-13-8-17-12(2)7-18-13/h7-8,14-15,19H,6,9-11H2,1-5H3. The van der Waals surface area contributed by atoms with Crippen molar-refractivity contribution in [2.24, 2.45) is 5.41 Å². The van der Waals surface area contributed by atoms with E-state index in [0.717, 1.165) is 31.0 Å². The summed E-state index contributed by atoms with van der Waals surface area (Å²) in [6.07, 6.45) is 4.94. The highest BCUT2D eigenvalue weighted by Crippen LogP contribution is 2.25. The summed E-state index contributed by atoms with van der Waals surface area (Å²) in [5, 5.41) is 3.71. The van der Waals surface area contributed by atoms with Crippen LogP contribution in [0.3, 0.4) is 0 Å². The summed E-state index contributed by atoms with van der Waals surface area (Å²) in [6, 6.07) is 1.13. The van der Waals surface area contributed by atoms with E-state index in [-0.39, 0.29) is 5.41 Å². The zero-order chi connectivity index (χ0) is 14.8. The molecular weight excluding hydrogens is 248 g/mol. The van der Waals surface area contributed by atoms with Crippen molar-refractivity contribution in [3.05, 3.63) is 23.8 Å². The molecule has 1 aromatic heterocycles. The first-order valence-electron chi connectivity index (χ1n) is 7.65. The van der Waals surface area contributed by atoms with E-state index in [1.807, 2.05) is 19.3 Å². The summed E-state index contributed by atoms with van der Waals surface area (Å²) >= 11 is 0. The van der Waals surface area contributed by atoms with E-state index in [9.17, 15) is 0 Å². The first kappa shape index (κ1) is 15.4. The predicted octanol–water partition coefficient (Wildman–Crippen LogP) is 2.38. The normalized spacial score (nSPS) is 24.9. The Bertz CT molecular complexity index is 421. The van der Waals surface area contributed by atoms with Crippen LogP contribution in [-0.2, 0) is 6.54 Å². The van der Waals surface area contributed by atoms with Gasteiger partial charge in [0.2, 0.25) is 0 Å². The molecule has 2 heterocycles. The molecule has 1 aliphatic rings. The Morgan fingerprint density at radius 2 is 2.05 bits per heavy atom. The molecule has 0 aliphatic carbocycles. The number of rotatable bonds is 3. The Kier molecular flexibility index (Phi) is 4.76. The lowest BCUT2D eigenvalue weighted by Gasteiger charge is -2.44. The number of piperazine rings is 1. The molecule has 4 heteroatoms. The van der Waals surface area contributed by atoms with Crippen LogP contribution in [-0.4, -0.2) is 40.0 Å². The van der Waals surface area contributed by atoms with Crippen molar-refractivity contribution in [3.8, 4) is 0 Å². The third kappa shape index (κ3) is 3.76. The topological polar surface area (TPSA) is 41.0 Å². The van der Waals surface area contributed by atoms with Gasteiger partial charge >= 0.3 is 0 Å². The van der Waals surface area contributed by atoms with Crippen LogP contribution in [0.4, 0.5) is 0 Å². The van der Waals surface area contributed by atoms with E-state index in [2.05, 4.69) is 47.9 Å². The van der Waals surface area contributed by atoms with Crippen LogP contribution in [0.5, 0.6) is 0 Å². The Morgan fingerprint density at radius 1 is 1.30 bits per heavy atom. The minimum absolute atomic E-state index is 0.288. The van der Waals surface area contributed by atoms with Crippen molar-refractivity contribution in [1.29, 1.82) is 0 Å². The van der Waals surface area contributed by atoms with Gasteiger partial charge in [-0.15, -0.1) is 0 Å². The molecule has 2 unspecified atom stereocenters. The van der Waals surface area contributed by atoms with Crippen molar-refractivity contribution in [2.45, 2.75) is 59.7 Å². The fourth-order valence-corrected chi connectivity index (χ4v) is 2.74. The molecule has 0 radical (unpaired) electrons. The highest BCUT2D eigenvalue weighted by atomic mass is 15.2. The van der Waals surface area contributed by atoms with Gasteiger partial charge in [0, 0.05) is 44.1 Å². The molecule has 1 aliphatic heterocycles. The average Bonchev–Trinajstić information content (AvgIpc) is 2.40. The summed E-state index contributed by atoms with van der Waals surface area (Å²) in [5.41, 5.74) is 2.34. The van der Waals surface area contributed by atoms with E-state index >= 15 is 0 Å². The molecular formula is C16H28N4. The van der Waals surface area contributed by atoms with E-state index < -0.39 is 0 Å².